The summed E-state index contributed by atoms with van der Waals surface area (Å²) < 4.78 is 10.4. The van der Waals surface area contributed by atoms with Crippen molar-refractivity contribution in [2.24, 2.45) is 0 Å². The molecule has 0 aromatic heterocycles. The van der Waals surface area contributed by atoms with Crippen molar-refractivity contribution in [2.45, 2.75) is 26.9 Å². The summed E-state index contributed by atoms with van der Waals surface area (Å²) in [4.78, 5) is 14.8. The van der Waals surface area contributed by atoms with Crippen LogP contribution in [0.25, 0.3) is 0 Å². The first-order valence-corrected chi connectivity index (χ1v) is 8.91. The van der Waals surface area contributed by atoms with Crippen LogP contribution in [-0.4, -0.2) is 38.1 Å². The molecule has 2 aromatic rings. The van der Waals surface area contributed by atoms with Crippen LogP contribution in [0.4, 0.5) is 0 Å². The van der Waals surface area contributed by atoms with Crippen molar-refractivity contribution in [3.63, 3.8) is 0 Å². The van der Waals surface area contributed by atoms with Gasteiger partial charge in [-0.2, -0.15) is 0 Å². The zero-order chi connectivity index (χ0) is 18.9. The standard InChI is InChI=1S/C21H28N2O3/c1-5-23(6-2)15-17-9-7-16(8-10-17)14-22-21(24)18-11-19(25-3)13-20(12-18)26-4/h7-13H,5-6,14-15H2,1-4H3,(H,22,24). The second-order valence-corrected chi connectivity index (χ2v) is 6.06. The molecule has 2 rings (SSSR count). The first-order chi connectivity index (χ1) is 12.6. The lowest BCUT2D eigenvalue weighted by molar-refractivity contribution is 0.0950. The summed E-state index contributed by atoms with van der Waals surface area (Å²) in [6.07, 6.45) is 0. The maximum Gasteiger partial charge on any atom is 0.251 e. The van der Waals surface area contributed by atoms with Gasteiger partial charge in [-0.15, -0.1) is 0 Å². The van der Waals surface area contributed by atoms with Gasteiger partial charge in [-0.05, 0) is 36.3 Å². The van der Waals surface area contributed by atoms with Gasteiger partial charge in [-0.1, -0.05) is 38.1 Å². The van der Waals surface area contributed by atoms with Gasteiger partial charge < -0.3 is 14.8 Å². The fourth-order valence-corrected chi connectivity index (χ4v) is 2.69. The van der Waals surface area contributed by atoms with Crippen LogP contribution in [0.1, 0.15) is 35.3 Å². The van der Waals surface area contributed by atoms with E-state index in [-0.39, 0.29) is 5.91 Å². The SMILES string of the molecule is CCN(CC)Cc1ccc(CNC(=O)c2cc(OC)cc(OC)c2)cc1. The molecule has 0 radical (unpaired) electrons. The van der Waals surface area contributed by atoms with E-state index < -0.39 is 0 Å². The molecule has 5 heteroatoms. The molecular formula is C21H28N2O3. The molecule has 1 amide bonds. The molecule has 5 nitrogen and oxygen atoms in total. The highest BCUT2D eigenvalue weighted by atomic mass is 16.5. The normalized spacial score (nSPS) is 10.7. The summed E-state index contributed by atoms with van der Waals surface area (Å²) in [5.74, 6) is 1.03. The molecule has 0 unspecified atom stereocenters. The van der Waals surface area contributed by atoms with E-state index in [9.17, 15) is 4.79 Å². The predicted octanol–water partition coefficient (Wildman–Crippen LogP) is 3.48. The molecule has 0 heterocycles. The number of benzene rings is 2. The van der Waals surface area contributed by atoms with Crippen LogP contribution in [0.5, 0.6) is 11.5 Å². The smallest absolute Gasteiger partial charge is 0.251 e. The summed E-state index contributed by atoms with van der Waals surface area (Å²) in [5, 5.41) is 2.94. The Morgan fingerprint density at radius 1 is 0.923 bits per heavy atom. The van der Waals surface area contributed by atoms with E-state index in [0.29, 0.717) is 23.6 Å². The quantitative estimate of drug-likeness (QED) is 0.747. The summed E-state index contributed by atoms with van der Waals surface area (Å²) in [7, 11) is 3.13. The average Bonchev–Trinajstić information content (AvgIpc) is 2.70. The van der Waals surface area contributed by atoms with E-state index in [2.05, 4.69) is 48.3 Å². The molecule has 0 fully saturated rings. The van der Waals surface area contributed by atoms with Gasteiger partial charge >= 0.3 is 0 Å². The molecule has 0 aliphatic carbocycles. The van der Waals surface area contributed by atoms with E-state index in [1.54, 1.807) is 32.4 Å². The van der Waals surface area contributed by atoms with Crippen molar-refractivity contribution in [1.29, 1.82) is 0 Å². The molecule has 1 N–H and O–H groups in total. The van der Waals surface area contributed by atoms with E-state index in [4.69, 9.17) is 9.47 Å². The van der Waals surface area contributed by atoms with Crippen molar-refractivity contribution in [1.82, 2.24) is 10.2 Å². The van der Waals surface area contributed by atoms with Crippen LogP contribution in [0.3, 0.4) is 0 Å². The van der Waals surface area contributed by atoms with Gasteiger partial charge in [-0.3, -0.25) is 9.69 Å². The number of hydrogen-bond acceptors (Lipinski definition) is 4. The van der Waals surface area contributed by atoms with Crippen LogP contribution >= 0.6 is 0 Å². The minimum absolute atomic E-state index is 0.158. The number of methoxy groups -OCH3 is 2. The van der Waals surface area contributed by atoms with Crippen molar-refractivity contribution in [3.05, 3.63) is 59.2 Å². The van der Waals surface area contributed by atoms with Gasteiger partial charge in [0.2, 0.25) is 0 Å². The Bertz CT molecular complexity index is 687. The first-order valence-electron chi connectivity index (χ1n) is 8.91. The monoisotopic (exact) mass is 356 g/mol. The van der Waals surface area contributed by atoms with Crippen LogP contribution in [0, 0.1) is 0 Å². The molecule has 140 valence electrons. The van der Waals surface area contributed by atoms with E-state index in [1.165, 1.54) is 5.56 Å². The van der Waals surface area contributed by atoms with Crippen molar-refractivity contribution in [3.8, 4) is 11.5 Å². The first kappa shape index (κ1) is 19.8. The van der Waals surface area contributed by atoms with E-state index in [1.807, 2.05) is 0 Å². The van der Waals surface area contributed by atoms with Gasteiger partial charge in [0.1, 0.15) is 11.5 Å². The van der Waals surface area contributed by atoms with Crippen molar-refractivity contribution in [2.75, 3.05) is 27.3 Å². The molecule has 0 saturated heterocycles. The summed E-state index contributed by atoms with van der Waals surface area (Å²) >= 11 is 0. The molecule has 0 aliphatic rings. The van der Waals surface area contributed by atoms with Gasteiger partial charge in [-0.25, -0.2) is 0 Å². The maximum atomic E-state index is 12.4. The zero-order valence-electron chi connectivity index (χ0n) is 16.0. The van der Waals surface area contributed by atoms with Crippen LogP contribution in [-0.2, 0) is 13.1 Å². The van der Waals surface area contributed by atoms with Crippen LogP contribution in [0.15, 0.2) is 42.5 Å². The van der Waals surface area contributed by atoms with Crippen LogP contribution < -0.4 is 14.8 Å². The largest absolute Gasteiger partial charge is 0.497 e. The van der Waals surface area contributed by atoms with E-state index in [0.717, 1.165) is 25.2 Å². The maximum absolute atomic E-state index is 12.4. The summed E-state index contributed by atoms with van der Waals surface area (Å²) in [6.45, 7) is 7.84. The molecule has 26 heavy (non-hydrogen) atoms. The fraction of sp³-hybridized carbons (Fsp3) is 0.381. The lowest BCUT2D eigenvalue weighted by Gasteiger charge is -2.18. The molecule has 0 aliphatic heterocycles. The number of nitrogens with one attached hydrogen (secondary N) is 1. The Kier molecular flexibility index (Phi) is 7.48. The molecular weight excluding hydrogens is 328 g/mol. The number of hydrogen-bond donors (Lipinski definition) is 1. The van der Waals surface area contributed by atoms with Crippen LogP contribution in [0.2, 0.25) is 0 Å². The summed E-state index contributed by atoms with van der Waals surface area (Å²) in [6, 6.07) is 13.5. The predicted molar refractivity (Wildman–Crippen MR) is 104 cm³/mol. The highest BCUT2D eigenvalue weighted by molar-refractivity contribution is 5.95. The minimum Gasteiger partial charge on any atom is -0.497 e. The molecule has 2 aromatic carbocycles. The average molecular weight is 356 g/mol. The Morgan fingerprint density at radius 2 is 1.46 bits per heavy atom. The molecule has 0 bridgehead atoms. The highest BCUT2D eigenvalue weighted by Gasteiger charge is 2.10. The molecule has 0 spiro atoms. The third-order valence-corrected chi connectivity index (χ3v) is 4.39. The Morgan fingerprint density at radius 3 is 1.96 bits per heavy atom. The minimum atomic E-state index is -0.158. The Hall–Kier alpha value is -2.53. The van der Waals surface area contributed by atoms with Gasteiger partial charge in [0, 0.05) is 24.7 Å². The summed E-state index contributed by atoms with van der Waals surface area (Å²) in [5.41, 5.74) is 2.86. The number of ether oxygens (including phenoxy) is 2. The number of carbonyl (C=O) groups excluding carboxylic acids is 1. The second kappa shape index (κ2) is 9.82. The zero-order valence-corrected chi connectivity index (χ0v) is 16.0. The third kappa shape index (κ3) is 5.49. The van der Waals surface area contributed by atoms with Gasteiger partial charge in [0.25, 0.3) is 5.91 Å². The molecule has 0 atom stereocenters. The lowest BCUT2D eigenvalue weighted by atomic mass is 10.1. The number of nitrogens with zero attached hydrogens (tertiary/aromatic N) is 1. The van der Waals surface area contributed by atoms with E-state index >= 15 is 0 Å². The topological polar surface area (TPSA) is 50.8 Å². The van der Waals surface area contributed by atoms with Gasteiger partial charge in [0.15, 0.2) is 0 Å². The lowest BCUT2D eigenvalue weighted by Crippen LogP contribution is -2.23. The third-order valence-electron chi connectivity index (χ3n) is 4.39. The Labute approximate surface area is 155 Å². The molecule has 0 saturated carbocycles. The fourth-order valence-electron chi connectivity index (χ4n) is 2.69. The van der Waals surface area contributed by atoms with Gasteiger partial charge in [0.05, 0.1) is 14.2 Å². The highest BCUT2D eigenvalue weighted by Crippen LogP contribution is 2.22. The Balaban J connectivity index is 1.97. The number of carbonyl (C=O) groups is 1. The second-order valence-electron chi connectivity index (χ2n) is 6.06. The number of amides is 1. The number of rotatable bonds is 9. The van der Waals surface area contributed by atoms with Crippen molar-refractivity contribution >= 4 is 5.91 Å². The van der Waals surface area contributed by atoms with Crippen molar-refractivity contribution < 1.29 is 14.3 Å².